The number of hydrogen-bond acceptors (Lipinski definition) is 5. The molecular weight excluding hydrogens is 294 g/mol. The fourth-order valence-corrected chi connectivity index (χ4v) is 2.21. The molecule has 0 aromatic heterocycles. The monoisotopic (exact) mass is 317 g/mol. The van der Waals surface area contributed by atoms with Gasteiger partial charge in [-0.25, -0.2) is 0 Å². The maximum atomic E-state index is 9.03. The molecule has 2 rings (SSSR count). The summed E-state index contributed by atoms with van der Waals surface area (Å²) in [6, 6.07) is 13.1. The Labute approximate surface area is 136 Å². The third kappa shape index (κ3) is 4.87. The van der Waals surface area contributed by atoms with Gasteiger partial charge < -0.3 is 25.1 Å². The molecule has 2 aromatic rings. The van der Waals surface area contributed by atoms with Gasteiger partial charge in [0.1, 0.15) is 12.4 Å². The van der Waals surface area contributed by atoms with Crippen molar-refractivity contribution >= 4 is 0 Å². The molecule has 0 saturated heterocycles. The first kappa shape index (κ1) is 17.1. The second-order valence-corrected chi connectivity index (χ2v) is 5.27. The number of benzene rings is 2. The molecule has 2 aromatic carbocycles. The van der Waals surface area contributed by atoms with Crippen LogP contribution in [0.3, 0.4) is 0 Å². The van der Waals surface area contributed by atoms with Gasteiger partial charge in [-0.2, -0.15) is 0 Å². The normalized spacial score (nSPS) is 11.8. The van der Waals surface area contributed by atoms with E-state index in [0.717, 1.165) is 16.9 Å². The Kier molecular flexibility index (Phi) is 6.26. The molecule has 0 heterocycles. The van der Waals surface area contributed by atoms with Crippen LogP contribution in [-0.2, 0) is 13.0 Å². The van der Waals surface area contributed by atoms with Gasteiger partial charge in [0.25, 0.3) is 0 Å². The molecule has 1 unspecified atom stereocenters. The van der Waals surface area contributed by atoms with Gasteiger partial charge >= 0.3 is 0 Å². The highest BCUT2D eigenvalue weighted by atomic mass is 16.5. The van der Waals surface area contributed by atoms with E-state index >= 15 is 0 Å². The highest BCUT2D eigenvalue weighted by Crippen LogP contribution is 2.29. The van der Waals surface area contributed by atoms with Crippen molar-refractivity contribution in [1.29, 1.82) is 0 Å². The van der Waals surface area contributed by atoms with Crippen LogP contribution in [0.4, 0.5) is 0 Å². The Morgan fingerprint density at radius 3 is 2.26 bits per heavy atom. The van der Waals surface area contributed by atoms with Crippen LogP contribution in [0.5, 0.6) is 17.2 Å². The third-order valence-electron chi connectivity index (χ3n) is 3.51. The zero-order chi connectivity index (χ0) is 16.7. The number of aliphatic hydroxyl groups is 1. The SMILES string of the molecule is COc1ccc(COc2ccc(CC(N)CO)cc2OC)cc1. The second-order valence-electron chi connectivity index (χ2n) is 5.27. The van der Waals surface area contributed by atoms with E-state index in [1.807, 2.05) is 42.5 Å². The molecule has 0 aliphatic heterocycles. The van der Waals surface area contributed by atoms with Crippen LogP contribution in [0.25, 0.3) is 0 Å². The fraction of sp³-hybridized carbons (Fsp3) is 0.333. The first-order valence-corrected chi connectivity index (χ1v) is 7.45. The van der Waals surface area contributed by atoms with Gasteiger partial charge in [-0.3, -0.25) is 0 Å². The molecule has 23 heavy (non-hydrogen) atoms. The predicted molar refractivity (Wildman–Crippen MR) is 89.1 cm³/mol. The number of methoxy groups -OCH3 is 2. The number of hydrogen-bond donors (Lipinski definition) is 2. The Hall–Kier alpha value is -2.24. The second kappa shape index (κ2) is 8.41. The van der Waals surface area contributed by atoms with E-state index in [1.54, 1.807) is 14.2 Å². The summed E-state index contributed by atoms with van der Waals surface area (Å²) in [6.07, 6.45) is 0.589. The average molecular weight is 317 g/mol. The molecule has 0 spiro atoms. The summed E-state index contributed by atoms with van der Waals surface area (Å²) in [4.78, 5) is 0. The van der Waals surface area contributed by atoms with E-state index in [0.29, 0.717) is 24.5 Å². The first-order chi connectivity index (χ1) is 11.2. The van der Waals surface area contributed by atoms with Crippen LogP contribution in [0.2, 0.25) is 0 Å². The summed E-state index contributed by atoms with van der Waals surface area (Å²) >= 11 is 0. The van der Waals surface area contributed by atoms with Crippen molar-refractivity contribution in [3.63, 3.8) is 0 Å². The van der Waals surface area contributed by atoms with Crippen molar-refractivity contribution in [2.24, 2.45) is 5.73 Å². The Balaban J connectivity index is 2.03. The van der Waals surface area contributed by atoms with Crippen LogP contribution in [0, 0.1) is 0 Å². The number of ether oxygens (including phenoxy) is 3. The van der Waals surface area contributed by atoms with Crippen molar-refractivity contribution in [3.05, 3.63) is 53.6 Å². The zero-order valence-electron chi connectivity index (χ0n) is 13.5. The van der Waals surface area contributed by atoms with Gasteiger partial charge in [0.15, 0.2) is 11.5 Å². The minimum absolute atomic E-state index is 0.0436. The summed E-state index contributed by atoms with van der Waals surface area (Å²) in [5.74, 6) is 2.14. The van der Waals surface area contributed by atoms with Crippen LogP contribution in [0.1, 0.15) is 11.1 Å². The quantitative estimate of drug-likeness (QED) is 0.780. The molecule has 0 saturated carbocycles. The molecule has 3 N–H and O–H groups in total. The Morgan fingerprint density at radius 1 is 0.957 bits per heavy atom. The van der Waals surface area contributed by atoms with E-state index in [9.17, 15) is 0 Å². The van der Waals surface area contributed by atoms with Crippen LogP contribution in [-0.4, -0.2) is 32.0 Å². The lowest BCUT2D eigenvalue weighted by Crippen LogP contribution is -2.26. The number of nitrogens with two attached hydrogens (primary N) is 1. The maximum absolute atomic E-state index is 9.03. The molecule has 0 amide bonds. The highest BCUT2D eigenvalue weighted by molar-refractivity contribution is 5.43. The van der Waals surface area contributed by atoms with Crippen molar-refractivity contribution in [3.8, 4) is 17.2 Å². The van der Waals surface area contributed by atoms with Gasteiger partial charge in [0.2, 0.25) is 0 Å². The highest BCUT2D eigenvalue weighted by Gasteiger charge is 2.09. The average Bonchev–Trinajstić information content (AvgIpc) is 2.60. The first-order valence-electron chi connectivity index (χ1n) is 7.45. The smallest absolute Gasteiger partial charge is 0.161 e. The molecule has 0 bridgehead atoms. The number of rotatable bonds is 8. The van der Waals surface area contributed by atoms with Gasteiger partial charge in [-0.05, 0) is 41.8 Å². The lowest BCUT2D eigenvalue weighted by Gasteiger charge is -2.14. The minimum Gasteiger partial charge on any atom is -0.497 e. The Bertz CT molecular complexity index is 613. The van der Waals surface area contributed by atoms with Gasteiger partial charge in [-0.1, -0.05) is 18.2 Å². The molecule has 0 radical (unpaired) electrons. The predicted octanol–water partition coefficient (Wildman–Crippen LogP) is 2.14. The molecule has 0 fully saturated rings. The van der Waals surface area contributed by atoms with Gasteiger partial charge in [0, 0.05) is 6.04 Å². The maximum Gasteiger partial charge on any atom is 0.161 e. The molecule has 124 valence electrons. The van der Waals surface area contributed by atoms with Crippen molar-refractivity contribution in [2.45, 2.75) is 19.1 Å². The third-order valence-corrected chi connectivity index (χ3v) is 3.51. The van der Waals surface area contributed by atoms with E-state index < -0.39 is 0 Å². The molecule has 0 aliphatic carbocycles. The topological polar surface area (TPSA) is 73.9 Å². The van der Waals surface area contributed by atoms with E-state index in [-0.39, 0.29) is 12.6 Å². The van der Waals surface area contributed by atoms with Crippen molar-refractivity contribution in [1.82, 2.24) is 0 Å². The van der Waals surface area contributed by atoms with Crippen LogP contribution in [0.15, 0.2) is 42.5 Å². The molecular formula is C18H23NO4. The summed E-state index contributed by atoms with van der Waals surface area (Å²) < 4.78 is 16.3. The standard InChI is InChI=1S/C18H23NO4/c1-21-16-6-3-13(4-7-16)12-23-17-8-5-14(9-15(19)11-20)10-18(17)22-2/h3-8,10,15,20H,9,11-12,19H2,1-2H3. The van der Waals surface area contributed by atoms with Gasteiger partial charge in [0.05, 0.1) is 20.8 Å². The molecule has 5 heteroatoms. The van der Waals surface area contributed by atoms with Crippen molar-refractivity contribution in [2.75, 3.05) is 20.8 Å². The lowest BCUT2D eigenvalue weighted by molar-refractivity contribution is 0.265. The largest absolute Gasteiger partial charge is 0.497 e. The molecule has 5 nitrogen and oxygen atoms in total. The molecule has 0 aliphatic rings. The van der Waals surface area contributed by atoms with Crippen LogP contribution < -0.4 is 19.9 Å². The summed E-state index contributed by atoms with van der Waals surface area (Å²) in [7, 11) is 3.24. The van der Waals surface area contributed by atoms with Gasteiger partial charge in [-0.15, -0.1) is 0 Å². The lowest BCUT2D eigenvalue weighted by atomic mass is 10.1. The summed E-state index contributed by atoms with van der Waals surface area (Å²) in [6.45, 7) is 0.397. The van der Waals surface area contributed by atoms with Crippen LogP contribution >= 0.6 is 0 Å². The minimum atomic E-state index is -0.272. The Morgan fingerprint density at radius 2 is 1.65 bits per heavy atom. The molecule has 1 atom stereocenters. The summed E-state index contributed by atoms with van der Waals surface area (Å²) in [5.41, 5.74) is 7.80. The number of aliphatic hydroxyl groups excluding tert-OH is 1. The zero-order valence-corrected chi connectivity index (χ0v) is 13.5. The summed E-state index contributed by atoms with van der Waals surface area (Å²) in [5, 5.41) is 9.03. The fourth-order valence-electron chi connectivity index (χ4n) is 2.21. The van der Waals surface area contributed by atoms with E-state index in [1.165, 1.54) is 0 Å². The van der Waals surface area contributed by atoms with E-state index in [4.69, 9.17) is 25.1 Å². The van der Waals surface area contributed by atoms with E-state index in [2.05, 4.69) is 0 Å². The van der Waals surface area contributed by atoms with Crippen molar-refractivity contribution < 1.29 is 19.3 Å².